The van der Waals surface area contributed by atoms with E-state index in [0.29, 0.717) is 5.82 Å². The zero-order valence-electron chi connectivity index (χ0n) is 8.75. The van der Waals surface area contributed by atoms with Crippen molar-refractivity contribution in [1.29, 1.82) is 0 Å². The zero-order chi connectivity index (χ0) is 10.7. The van der Waals surface area contributed by atoms with Crippen molar-refractivity contribution >= 4 is 21.7 Å². The molecule has 0 fully saturated rings. The van der Waals surface area contributed by atoms with E-state index in [4.69, 9.17) is 10.5 Å². The minimum Gasteiger partial charge on any atom is -0.385 e. The maximum Gasteiger partial charge on any atom is 0.136 e. The molecule has 1 heterocycles. The number of hydrogen-bond donors (Lipinski definition) is 1. The van der Waals surface area contributed by atoms with E-state index in [2.05, 4.69) is 28.0 Å². The van der Waals surface area contributed by atoms with Gasteiger partial charge in [-0.3, -0.25) is 0 Å². The molecule has 0 aliphatic carbocycles. The molecule has 1 unspecified atom stereocenters. The van der Waals surface area contributed by atoms with Crippen molar-refractivity contribution in [3.05, 3.63) is 10.2 Å². The minimum atomic E-state index is 0.264. The summed E-state index contributed by atoms with van der Waals surface area (Å²) in [5, 5.41) is 4.35. The SMILES string of the molecule is COCCC(C)n1nc(C)c(Br)c1N. The smallest absolute Gasteiger partial charge is 0.136 e. The van der Waals surface area contributed by atoms with Gasteiger partial charge in [0.25, 0.3) is 0 Å². The summed E-state index contributed by atoms with van der Waals surface area (Å²) >= 11 is 3.40. The Kier molecular flexibility index (Phi) is 3.95. The molecule has 0 spiro atoms. The van der Waals surface area contributed by atoms with Crippen molar-refractivity contribution in [3.63, 3.8) is 0 Å². The van der Waals surface area contributed by atoms with Crippen molar-refractivity contribution in [3.8, 4) is 0 Å². The van der Waals surface area contributed by atoms with Gasteiger partial charge in [-0.2, -0.15) is 5.10 Å². The number of aryl methyl sites for hydroxylation is 1. The third-order valence-corrected chi connectivity index (χ3v) is 3.18. The largest absolute Gasteiger partial charge is 0.385 e. The van der Waals surface area contributed by atoms with Gasteiger partial charge in [0, 0.05) is 13.7 Å². The molecule has 1 aromatic rings. The molecular weight excluding hydrogens is 246 g/mol. The monoisotopic (exact) mass is 261 g/mol. The molecule has 1 rings (SSSR count). The molecule has 2 N–H and O–H groups in total. The summed E-state index contributed by atoms with van der Waals surface area (Å²) in [4.78, 5) is 0. The number of rotatable bonds is 4. The number of anilines is 1. The Morgan fingerprint density at radius 2 is 2.29 bits per heavy atom. The average Bonchev–Trinajstić information content (AvgIpc) is 2.42. The second-order valence-corrected chi connectivity index (χ2v) is 4.15. The van der Waals surface area contributed by atoms with E-state index in [1.807, 2.05) is 11.6 Å². The van der Waals surface area contributed by atoms with E-state index in [1.165, 1.54) is 0 Å². The molecule has 80 valence electrons. The van der Waals surface area contributed by atoms with Gasteiger partial charge in [0.2, 0.25) is 0 Å². The quantitative estimate of drug-likeness (QED) is 0.904. The predicted molar refractivity (Wildman–Crippen MR) is 60.3 cm³/mol. The van der Waals surface area contributed by atoms with Gasteiger partial charge in [-0.15, -0.1) is 0 Å². The van der Waals surface area contributed by atoms with Crippen LogP contribution in [0.25, 0.3) is 0 Å². The molecule has 0 saturated heterocycles. The standard InChI is InChI=1S/C9H16BrN3O/c1-6(4-5-14-3)13-9(11)8(10)7(2)12-13/h6H,4-5,11H2,1-3H3. The first-order valence-electron chi connectivity index (χ1n) is 4.57. The third-order valence-electron chi connectivity index (χ3n) is 2.20. The van der Waals surface area contributed by atoms with Crippen LogP contribution >= 0.6 is 15.9 Å². The molecule has 0 aromatic carbocycles. The Morgan fingerprint density at radius 1 is 1.64 bits per heavy atom. The van der Waals surface area contributed by atoms with Crippen LogP contribution in [0.1, 0.15) is 25.1 Å². The van der Waals surface area contributed by atoms with Gasteiger partial charge in [-0.1, -0.05) is 0 Å². The van der Waals surface area contributed by atoms with Crippen molar-refractivity contribution < 1.29 is 4.74 Å². The molecule has 0 amide bonds. The number of aromatic nitrogens is 2. The lowest BCUT2D eigenvalue weighted by Crippen LogP contribution is -2.12. The van der Waals surface area contributed by atoms with Gasteiger partial charge in [0.05, 0.1) is 16.2 Å². The van der Waals surface area contributed by atoms with Gasteiger partial charge in [-0.25, -0.2) is 4.68 Å². The Bertz CT molecular complexity index is 311. The Morgan fingerprint density at radius 3 is 2.71 bits per heavy atom. The highest BCUT2D eigenvalue weighted by atomic mass is 79.9. The van der Waals surface area contributed by atoms with Crippen LogP contribution in [0.4, 0.5) is 5.82 Å². The lowest BCUT2D eigenvalue weighted by Gasteiger charge is -2.12. The van der Waals surface area contributed by atoms with Crippen molar-refractivity contribution in [1.82, 2.24) is 9.78 Å². The molecular formula is C9H16BrN3O. The summed E-state index contributed by atoms with van der Waals surface area (Å²) in [6.45, 7) is 4.73. The van der Waals surface area contributed by atoms with Crippen LogP contribution in [0.3, 0.4) is 0 Å². The highest BCUT2D eigenvalue weighted by Crippen LogP contribution is 2.26. The Labute approximate surface area is 92.5 Å². The molecule has 0 aliphatic rings. The van der Waals surface area contributed by atoms with Crippen LogP contribution in [-0.2, 0) is 4.74 Å². The second kappa shape index (κ2) is 4.79. The molecule has 1 aromatic heterocycles. The number of halogens is 1. The number of hydrogen-bond acceptors (Lipinski definition) is 3. The summed E-state index contributed by atoms with van der Waals surface area (Å²) in [5.74, 6) is 0.686. The minimum absolute atomic E-state index is 0.264. The molecule has 0 radical (unpaired) electrons. The van der Waals surface area contributed by atoms with Crippen LogP contribution < -0.4 is 5.73 Å². The van der Waals surface area contributed by atoms with Crippen LogP contribution in [0.2, 0.25) is 0 Å². The fourth-order valence-corrected chi connectivity index (χ4v) is 1.55. The van der Waals surface area contributed by atoms with E-state index in [0.717, 1.165) is 23.2 Å². The molecule has 1 atom stereocenters. The van der Waals surface area contributed by atoms with Gasteiger partial charge in [0.1, 0.15) is 5.82 Å². The van der Waals surface area contributed by atoms with E-state index >= 15 is 0 Å². The average molecular weight is 262 g/mol. The number of nitrogens with zero attached hydrogens (tertiary/aromatic N) is 2. The summed E-state index contributed by atoms with van der Waals surface area (Å²) in [7, 11) is 1.69. The lowest BCUT2D eigenvalue weighted by atomic mass is 10.2. The third kappa shape index (κ3) is 2.27. The molecule has 0 aliphatic heterocycles. The summed E-state index contributed by atoms with van der Waals surface area (Å²) in [6, 6.07) is 0.264. The number of methoxy groups -OCH3 is 1. The number of ether oxygens (including phenoxy) is 1. The maximum atomic E-state index is 5.89. The topological polar surface area (TPSA) is 53.1 Å². The van der Waals surface area contributed by atoms with Gasteiger partial charge in [-0.05, 0) is 36.2 Å². The van der Waals surface area contributed by atoms with E-state index in [9.17, 15) is 0 Å². The number of nitrogen functional groups attached to an aromatic ring is 1. The van der Waals surface area contributed by atoms with Gasteiger partial charge >= 0.3 is 0 Å². The molecule has 4 nitrogen and oxygen atoms in total. The maximum absolute atomic E-state index is 5.89. The Hall–Kier alpha value is -0.550. The van der Waals surface area contributed by atoms with Crippen LogP contribution in [0.5, 0.6) is 0 Å². The highest BCUT2D eigenvalue weighted by Gasteiger charge is 2.14. The second-order valence-electron chi connectivity index (χ2n) is 3.36. The van der Waals surface area contributed by atoms with Crippen LogP contribution in [-0.4, -0.2) is 23.5 Å². The van der Waals surface area contributed by atoms with Crippen molar-refractivity contribution in [2.75, 3.05) is 19.5 Å². The molecule has 0 bridgehead atoms. The number of nitrogens with two attached hydrogens (primary N) is 1. The first-order chi connectivity index (χ1) is 6.57. The summed E-state index contributed by atoms with van der Waals surface area (Å²) < 4.78 is 7.74. The van der Waals surface area contributed by atoms with E-state index in [1.54, 1.807) is 7.11 Å². The van der Waals surface area contributed by atoms with Crippen LogP contribution in [0, 0.1) is 6.92 Å². The summed E-state index contributed by atoms with van der Waals surface area (Å²) in [5.41, 5.74) is 6.81. The fourth-order valence-electron chi connectivity index (χ4n) is 1.29. The van der Waals surface area contributed by atoms with Gasteiger partial charge in [0.15, 0.2) is 0 Å². The molecule has 14 heavy (non-hydrogen) atoms. The lowest BCUT2D eigenvalue weighted by molar-refractivity contribution is 0.179. The van der Waals surface area contributed by atoms with Gasteiger partial charge < -0.3 is 10.5 Å². The van der Waals surface area contributed by atoms with Crippen molar-refractivity contribution in [2.45, 2.75) is 26.3 Å². The first-order valence-corrected chi connectivity index (χ1v) is 5.36. The van der Waals surface area contributed by atoms with Crippen molar-refractivity contribution in [2.24, 2.45) is 0 Å². The first kappa shape index (κ1) is 11.5. The normalized spacial score (nSPS) is 13.1. The summed E-state index contributed by atoms with van der Waals surface area (Å²) in [6.07, 6.45) is 0.911. The Balaban J connectivity index is 2.79. The predicted octanol–water partition coefficient (Wildman–Crippen LogP) is 2.13. The van der Waals surface area contributed by atoms with E-state index in [-0.39, 0.29) is 6.04 Å². The van der Waals surface area contributed by atoms with E-state index < -0.39 is 0 Å². The fraction of sp³-hybridized carbons (Fsp3) is 0.667. The highest BCUT2D eigenvalue weighted by molar-refractivity contribution is 9.10. The molecule has 5 heteroatoms. The zero-order valence-corrected chi connectivity index (χ0v) is 10.3. The molecule has 0 saturated carbocycles. The van der Waals surface area contributed by atoms with Crippen LogP contribution in [0.15, 0.2) is 4.47 Å².